The van der Waals surface area contributed by atoms with Crippen LogP contribution in [0, 0.1) is 5.92 Å². The van der Waals surface area contributed by atoms with Crippen molar-refractivity contribution in [3.63, 3.8) is 0 Å². The molecule has 0 radical (unpaired) electrons. The van der Waals surface area contributed by atoms with Crippen LogP contribution in [0.15, 0.2) is 24.4 Å². The lowest BCUT2D eigenvalue weighted by Gasteiger charge is -2.21. The van der Waals surface area contributed by atoms with E-state index in [9.17, 15) is 0 Å². The zero-order valence-electron chi connectivity index (χ0n) is 10.8. The lowest BCUT2D eigenvalue weighted by molar-refractivity contribution is 0.485. The third kappa shape index (κ3) is 5.63. The Morgan fingerprint density at radius 1 is 1.47 bits per heavy atom. The van der Waals surface area contributed by atoms with Crippen LogP contribution in [0.2, 0.25) is 0 Å². The van der Waals surface area contributed by atoms with Crippen LogP contribution in [0.5, 0.6) is 0 Å². The second kappa shape index (κ2) is 7.22. The molecule has 4 heteroatoms. The van der Waals surface area contributed by atoms with Gasteiger partial charge in [0.05, 0.1) is 0 Å². The number of likely N-dealkylation sites (N-methyl/N-ethyl adjacent to an activating group) is 1. The molecule has 0 aromatic carbocycles. The summed E-state index contributed by atoms with van der Waals surface area (Å²) in [5.74, 6) is 0.608. The quantitative estimate of drug-likeness (QED) is 0.811. The maximum absolute atomic E-state index is 5.30. The molecule has 94 valence electrons. The summed E-state index contributed by atoms with van der Waals surface area (Å²) in [6, 6.07) is 5.98. The minimum atomic E-state index is 0.608. The van der Waals surface area contributed by atoms with E-state index >= 15 is 0 Å². The van der Waals surface area contributed by atoms with Gasteiger partial charge in [0.15, 0.2) is 5.11 Å². The first-order valence-electron chi connectivity index (χ1n) is 5.98. The molecule has 3 nitrogen and oxygen atoms in total. The number of pyridine rings is 1. The molecule has 0 aliphatic carbocycles. The van der Waals surface area contributed by atoms with E-state index in [0.717, 1.165) is 30.3 Å². The molecule has 1 rings (SSSR count). The van der Waals surface area contributed by atoms with Crippen molar-refractivity contribution < 1.29 is 0 Å². The van der Waals surface area contributed by atoms with E-state index in [1.54, 1.807) is 0 Å². The molecular weight excluding hydrogens is 230 g/mol. The molecule has 0 fully saturated rings. The Balaban J connectivity index is 2.29. The van der Waals surface area contributed by atoms with Crippen molar-refractivity contribution in [1.82, 2.24) is 15.2 Å². The summed E-state index contributed by atoms with van der Waals surface area (Å²) in [5, 5.41) is 4.07. The van der Waals surface area contributed by atoms with Crippen molar-refractivity contribution in [3.05, 3.63) is 30.1 Å². The van der Waals surface area contributed by atoms with Gasteiger partial charge in [-0.2, -0.15) is 0 Å². The number of nitrogens with zero attached hydrogens (tertiary/aromatic N) is 2. The minimum Gasteiger partial charge on any atom is -0.362 e. The third-order valence-corrected chi connectivity index (χ3v) is 2.89. The second-order valence-electron chi connectivity index (χ2n) is 4.57. The fraction of sp³-hybridized carbons (Fsp3) is 0.538. The SMILES string of the molecule is CC(C)CNC(=S)N(C)CCc1ccccn1. The Bertz CT molecular complexity index is 338. The van der Waals surface area contributed by atoms with E-state index in [0.29, 0.717) is 5.92 Å². The summed E-state index contributed by atoms with van der Waals surface area (Å²) in [6.07, 6.45) is 2.74. The van der Waals surface area contributed by atoms with Crippen LogP contribution < -0.4 is 5.32 Å². The Hall–Kier alpha value is -1.16. The van der Waals surface area contributed by atoms with Gasteiger partial charge in [0.1, 0.15) is 0 Å². The Kier molecular flexibility index (Phi) is 5.91. The summed E-state index contributed by atoms with van der Waals surface area (Å²) >= 11 is 5.30. The second-order valence-corrected chi connectivity index (χ2v) is 4.96. The van der Waals surface area contributed by atoms with Crippen molar-refractivity contribution in [2.24, 2.45) is 5.92 Å². The molecule has 0 unspecified atom stereocenters. The van der Waals surface area contributed by atoms with Crippen molar-refractivity contribution in [2.45, 2.75) is 20.3 Å². The van der Waals surface area contributed by atoms with Crippen LogP contribution in [0.1, 0.15) is 19.5 Å². The number of hydrogen-bond acceptors (Lipinski definition) is 2. The van der Waals surface area contributed by atoms with Gasteiger partial charge in [-0.15, -0.1) is 0 Å². The highest BCUT2D eigenvalue weighted by Crippen LogP contribution is 1.97. The standard InChI is InChI=1S/C13H21N3S/c1-11(2)10-15-13(17)16(3)9-7-12-6-4-5-8-14-12/h4-6,8,11H,7,9-10H2,1-3H3,(H,15,17). The van der Waals surface area contributed by atoms with E-state index in [1.807, 2.05) is 31.4 Å². The fourth-order valence-corrected chi connectivity index (χ4v) is 1.53. The van der Waals surface area contributed by atoms with Crippen LogP contribution in [-0.2, 0) is 6.42 Å². The molecule has 0 saturated carbocycles. The highest BCUT2D eigenvalue weighted by molar-refractivity contribution is 7.80. The van der Waals surface area contributed by atoms with Gasteiger partial charge in [-0.05, 0) is 30.3 Å². The lowest BCUT2D eigenvalue weighted by atomic mass is 10.2. The molecule has 0 spiro atoms. The fourth-order valence-electron chi connectivity index (χ4n) is 1.36. The zero-order valence-corrected chi connectivity index (χ0v) is 11.6. The van der Waals surface area contributed by atoms with E-state index < -0.39 is 0 Å². The first kappa shape index (κ1) is 13.9. The van der Waals surface area contributed by atoms with E-state index in [-0.39, 0.29) is 0 Å². The molecule has 0 aliphatic heterocycles. The van der Waals surface area contributed by atoms with Crippen molar-refractivity contribution in [3.8, 4) is 0 Å². The molecule has 0 atom stereocenters. The maximum Gasteiger partial charge on any atom is 0.168 e. The summed E-state index contributed by atoms with van der Waals surface area (Å²) in [5.41, 5.74) is 1.10. The van der Waals surface area contributed by atoms with Crippen LogP contribution >= 0.6 is 12.2 Å². The monoisotopic (exact) mass is 251 g/mol. The molecule has 0 saturated heterocycles. The smallest absolute Gasteiger partial charge is 0.168 e. The molecule has 0 amide bonds. The number of rotatable bonds is 5. The normalized spacial score (nSPS) is 10.4. The molecule has 0 aliphatic rings. The van der Waals surface area contributed by atoms with E-state index in [1.165, 1.54) is 0 Å². The molecule has 1 aromatic heterocycles. The van der Waals surface area contributed by atoms with Gasteiger partial charge < -0.3 is 10.2 Å². The largest absolute Gasteiger partial charge is 0.362 e. The van der Waals surface area contributed by atoms with Crippen molar-refractivity contribution in [2.75, 3.05) is 20.1 Å². The molecular formula is C13H21N3S. The molecule has 1 N–H and O–H groups in total. The Morgan fingerprint density at radius 3 is 2.82 bits per heavy atom. The molecule has 17 heavy (non-hydrogen) atoms. The van der Waals surface area contributed by atoms with Gasteiger partial charge in [0.25, 0.3) is 0 Å². The number of nitrogens with one attached hydrogen (secondary N) is 1. The van der Waals surface area contributed by atoms with Crippen molar-refractivity contribution >= 4 is 17.3 Å². The van der Waals surface area contributed by atoms with Gasteiger partial charge in [0.2, 0.25) is 0 Å². The van der Waals surface area contributed by atoms with Gasteiger partial charge >= 0.3 is 0 Å². The van der Waals surface area contributed by atoms with E-state index in [4.69, 9.17) is 12.2 Å². The van der Waals surface area contributed by atoms with Crippen LogP contribution in [0.3, 0.4) is 0 Å². The average Bonchev–Trinajstić information content (AvgIpc) is 2.34. The summed E-state index contributed by atoms with van der Waals surface area (Å²) in [4.78, 5) is 6.36. The molecule has 0 bridgehead atoms. The average molecular weight is 251 g/mol. The Labute approximate surface area is 109 Å². The summed E-state index contributed by atoms with van der Waals surface area (Å²) in [7, 11) is 2.01. The van der Waals surface area contributed by atoms with Crippen LogP contribution in [0.25, 0.3) is 0 Å². The van der Waals surface area contributed by atoms with E-state index in [2.05, 4.69) is 29.0 Å². The topological polar surface area (TPSA) is 28.2 Å². The maximum atomic E-state index is 5.30. The Morgan fingerprint density at radius 2 is 2.24 bits per heavy atom. The first-order chi connectivity index (χ1) is 8.09. The van der Waals surface area contributed by atoms with Crippen LogP contribution in [0.4, 0.5) is 0 Å². The van der Waals surface area contributed by atoms with Crippen LogP contribution in [-0.4, -0.2) is 35.1 Å². The zero-order chi connectivity index (χ0) is 12.7. The van der Waals surface area contributed by atoms with Gasteiger partial charge in [-0.25, -0.2) is 0 Å². The molecule has 1 heterocycles. The molecule has 1 aromatic rings. The minimum absolute atomic E-state index is 0.608. The lowest BCUT2D eigenvalue weighted by Crippen LogP contribution is -2.39. The number of thiocarbonyl (C=S) groups is 1. The number of aromatic nitrogens is 1. The highest BCUT2D eigenvalue weighted by Gasteiger charge is 2.04. The van der Waals surface area contributed by atoms with Gasteiger partial charge in [-0.3, -0.25) is 4.98 Å². The summed E-state index contributed by atoms with van der Waals surface area (Å²) < 4.78 is 0. The van der Waals surface area contributed by atoms with Gasteiger partial charge in [-0.1, -0.05) is 19.9 Å². The predicted octanol–water partition coefficient (Wildman–Crippen LogP) is 2.09. The van der Waals surface area contributed by atoms with Gasteiger partial charge in [0, 0.05) is 38.4 Å². The first-order valence-corrected chi connectivity index (χ1v) is 6.39. The predicted molar refractivity (Wildman–Crippen MR) is 76.0 cm³/mol. The third-order valence-electron chi connectivity index (χ3n) is 2.44. The van der Waals surface area contributed by atoms with Crippen molar-refractivity contribution in [1.29, 1.82) is 0 Å². The highest BCUT2D eigenvalue weighted by atomic mass is 32.1. The number of hydrogen-bond donors (Lipinski definition) is 1. The summed E-state index contributed by atoms with van der Waals surface area (Å²) in [6.45, 7) is 6.15.